The maximum atomic E-state index is 13.4. The van der Waals surface area contributed by atoms with E-state index < -0.39 is 54.5 Å². The molecule has 14 heteroatoms. The van der Waals surface area contributed by atoms with E-state index in [0.717, 1.165) is 10.9 Å². The lowest BCUT2D eigenvalue weighted by Crippen LogP contribution is -2.58. The molecule has 0 aliphatic rings. The highest BCUT2D eigenvalue weighted by Crippen LogP contribution is 2.19. The number of unbranched alkanes of at least 4 members (excludes halogenated alkanes) is 1. The fourth-order valence-corrected chi connectivity index (χ4v) is 4.20. The number of hydrogen-bond donors (Lipinski definition) is 9. The number of aromatic nitrogens is 3. The smallest absolute Gasteiger partial charge is 0.326 e. The van der Waals surface area contributed by atoms with Gasteiger partial charge in [0.05, 0.1) is 19.0 Å². The highest BCUT2D eigenvalue weighted by Gasteiger charge is 2.31. The number of H-pyrrole nitrogens is 2. The van der Waals surface area contributed by atoms with Crippen molar-refractivity contribution in [2.45, 2.75) is 56.3 Å². The Morgan fingerprint density at radius 3 is 2.30 bits per heavy atom. The van der Waals surface area contributed by atoms with Crippen LogP contribution in [0.4, 0.5) is 0 Å². The maximum Gasteiger partial charge on any atom is 0.326 e. The normalized spacial score (nSPS) is 14.2. The third-order valence-corrected chi connectivity index (χ3v) is 6.45. The number of aromatic amines is 2. The van der Waals surface area contributed by atoms with E-state index in [9.17, 15) is 29.4 Å². The Balaban J connectivity index is 1.77. The second-order valence-corrected chi connectivity index (χ2v) is 9.44. The monoisotopic (exact) mass is 556 g/mol. The lowest BCUT2D eigenvalue weighted by molar-refractivity contribution is -0.142. The molecule has 0 saturated carbocycles. The Labute approximate surface area is 230 Å². The number of aliphatic hydroxyl groups excluding tert-OH is 1. The van der Waals surface area contributed by atoms with Crippen LogP contribution in [0.5, 0.6) is 0 Å². The van der Waals surface area contributed by atoms with Crippen molar-refractivity contribution in [3.8, 4) is 0 Å². The Bertz CT molecular complexity index is 1280. The van der Waals surface area contributed by atoms with Crippen LogP contribution in [0.1, 0.15) is 30.5 Å². The zero-order valence-electron chi connectivity index (χ0n) is 21.9. The number of aliphatic hydroxyl groups is 1. The number of carbonyl (C=O) groups is 4. The largest absolute Gasteiger partial charge is 0.480 e. The van der Waals surface area contributed by atoms with Crippen LogP contribution >= 0.6 is 0 Å². The van der Waals surface area contributed by atoms with Gasteiger partial charge in [-0.25, -0.2) is 9.78 Å². The first kappa shape index (κ1) is 30.3. The molecule has 0 fully saturated rings. The first-order valence-corrected chi connectivity index (χ1v) is 13.0. The summed E-state index contributed by atoms with van der Waals surface area (Å²) in [5, 5.41) is 27.8. The molecule has 0 bridgehead atoms. The molecule has 0 spiro atoms. The number of carbonyl (C=O) groups excluding carboxylic acids is 3. The van der Waals surface area contributed by atoms with E-state index in [1.54, 1.807) is 6.20 Å². The SMILES string of the molecule is NCCCCC(N)C(=O)NC(CO)C(=O)NC(Cc1c[nH]c2ccccc12)C(=O)NC(Cc1cnc[nH]1)C(=O)O. The van der Waals surface area contributed by atoms with Gasteiger partial charge in [0, 0.05) is 41.8 Å². The van der Waals surface area contributed by atoms with Crippen molar-refractivity contribution in [2.75, 3.05) is 13.2 Å². The molecule has 3 aromatic rings. The minimum atomic E-state index is -1.38. The van der Waals surface area contributed by atoms with Crippen molar-refractivity contribution in [1.82, 2.24) is 30.9 Å². The minimum absolute atomic E-state index is 0.00266. The minimum Gasteiger partial charge on any atom is -0.480 e. The zero-order valence-corrected chi connectivity index (χ0v) is 21.9. The van der Waals surface area contributed by atoms with Gasteiger partial charge in [0.2, 0.25) is 17.7 Å². The second kappa shape index (κ2) is 14.8. The van der Waals surface area contributed by atoms with Crippen molar-refractivity contribution in [3.05, 3.63) is 54.2 Å². The third-order valence-electron chi connectivity index (χ3n) is 6.45. The van der Waals surface area contributed by atoms with E-state index in [1.807, 2.05) is 24.3 Å². The van der Waals surface area contributed by atoms with E-state index in [-0.39, 0.29) is 12.8 Å². The van der Waals surface area contributed by atoms with Crippen molar-refractivity contribution in [1.29, 1.82) is 0 Å². The van der Waals surface area contributed by atoms with E-state index >= 15 is 0 Å². The molecule has 3 rings (SSSR count). The van der Waals surface area contributed by atoms with Gasteiger partial charge in [-0.2, -0.15) is 0 Å². The second-order valence-electron chi connectivity index (χ2n) is 9.44. The molecule has 3 amide bonds. The number of amides is 3. The molecule has 4 unspecified atom stereocenters. The van der Waals surface area contributed by atoms with Crippen LogP contribution in [0.3, 0.4) is 0 Å². The summed E-state index contributed by atoms with van der Waals surface area (Å²) < 4.78 is 0. The van der Waals surface area contributed by atoms with Crippen molar-refractivity contribution < 1.29 is 29.4 Å². The number of rotatable bonds is 16. The first-order chi connectivity index (χ1) is 19.2. The summed E-state index contributed by atoms with van der Waals surface area (Å²) in [5.41, 5.74) is 13.4. The number of imidazole rings is 1. The maximum absolute atomic E-state index is 13.4. The van der Waals surface area contributed by atoms with Gasteiger partial charge in [0.15, 0.2) is 0 Å². The van der Waals surface area contributed by atoms with Gasteiger partial charge in [0.25, 0.3) is 0 Å². The molecule has 0 aliphatic heterocycles. The lowest BCUT2D eigenvalue weighted by atomic mass is 10.0. The molecular formula is C26H36N8O6. The number of benzene rings is 1. The van der Waals surface area contributed by atoms with Crippen LogP contribution in [-0.4, -0.2) is 86.2 Å². The van der Waals surface area contributed by atoms with Gasteiger partial charge in [-0.3, -0.25) is 14.4 Å². The first-order valence-electron chi connectivity index (χ1n) is 13.0. The van der Waals surface area contributed by atoms with Gasteiger partial charge < -0.3 is 47.6 Å². The summed E-state index contributed by atoms with van der Waals surface area (Å²) in [6.07, 6.45) is 6.13. The molecule has 11 N–H and O–H groups in total. The summed E-state index contributed by atoms with van der Waals surface area (Å²) >= 11 is 0. The summed E-state index contributed by atoms with van der Waals surface area (Å²) in [4.78, 5) is 60.6. The predicted molar refractivity (Wildman–Crippen MR) is 146 cm³/mol. The van der Waals surface area contributed by atoms with Gasteiger partial charge in [-0.05, 0) is 31.0 Å². The summed E-state index contributed by atoms with van der Waals surface area (Å²) in [5.74, 6) is -3.49. The Morgan fingerprint density at radius 1 is 0.925 bits per heavy atom. The summed E-state index contributed by atoms with van der Waals surface area (Å²) in [7, 11) is 0. The van der Waals surface area contributed by atoms with Crippen LogP contribution in [0.25, 0.3) is 10.9 Å². The number of nitrogens with one attached hydrogen (secondary N) is 5. The van der Waals surface area contributed by atoms with E-state index in [2.05, 4.69) is 30.9 Å². The van der Waals surface area contributed by atoms with Crippen molar-refractivity contribution >= 4 is 34.6 Å². The Kier molecular flexibility index (Phi) is 11.2. The number of para-hydroxylation sites is 1. The van der Waals surface area contributed by atoms with Gasteiger partial charge in [-0.15, -0.1) is 0 Å². The summed E-state index contributed by atoms with van der Waals surface area (Å²) in [6.45, 7) is -0.285. The number of nitrogens with zero attached hydrogens (tertiary/aromatic N) is 1. The standard InChI is InChI=1S/C26H36N8O6/c27-8-4-3-6-18(28)23(36)34-22(13-35)25(38)32-20(9-15-11-30-19-7-2-1-5-17(15)19)24(37)33-21(26(39)40)10-16-12-29-14-31-16/h1-2,5,7,11-12,14,18,20-22,30,35H,3-4,6,8-10,13,27-28H2,(H,29,31)(H,32,38)(H,33,37)(H,34,36)(H,39,40). The van der Waals surface area contributed by atoms with E-state index in [1.165, 1.54) is 12.5 Å². The average molecular weight is 557 g/mol. The fourth-order valence-electron chi connectivity index (χ4n) is 4.20. The van der Waals surface area contributed by atoms with Crippen LogP contribution in [-0.2, 0) is 32.0 Å². The van der Waals surface area contributed by atoms with E-state index in [0.29, 0.717) is 37.1 Å². The number of carboxylic acid groups (broad SMARTS) is 1. The molecule has 216 valence electrons. The lowest BCUT2D eigenvalue weighted by Gasteiger charge is -2.24. The van der Waals surface area contributed by atoms with Gasteiger partial charge >= 0.3 is 5.97 Å². The summed E-state index contributed by atoms with van der Waals surface area (Å²) in [6, 6.07) is 2.53. The Hall–Kier alpha value is -4.27. The highest BCUT2D eigenvalue weighted by atomic mass is 16.4. The molecule has 0 radical (unpaired) electrons. The number of carboxylic acids is 1. The zero-order chi connectivity index (χ0) is 29.1. The molecule has 0 aliphatic carbocycles. The number of aliphatic carboxylic acids is 1. The van der Waals surface area contributed by atoms with E-state index in [4.69, 9.17) is 11.5 Å². The molecule has 2 heterocycles. The number of hydrogen-bond acceptors (Lipinski definition) is 8. The molecule has 2 aromatic heterocycles. The molecule has 40 heavy (non-hydrogen) atoms. The van der Waals surface area contributed by atoms with Gasteiger partial charge in [-0.1, -0.05) is 24.6 Å². The van der Waals surface area contributed by atoms with Crippen molar-refractivity contribution in [3.63, 3.8) is 0 Å². The number of nitrogens with two attached hydrogens (primary N) is 2. The third kappa shape index (κ3) is 8.36. The predicted octanol–water partition coefficient (Wildman–Crippen LogP) is -1.34. The van der Waals surface area contributed by atoms with Gasteiger partial charge in [0.1, 0.15) is 18.1 Å². The Morgan fingerprint density at radius 2 is 1.62 bits per heavy atom. The average Bonchev–Trinajstić information content (AvgIpc) is 3.60. The van der Waals surface area contributed by atoms with Crippen LogP contribution < -0.4 is 27.4 Å². The number of fused-ring (bicyclic) bond motifs is 1. The fraction of sp³-hybridized carbons (Fsp3) is 0.423. The molecular weight excluding hydrogens is 520 g/mol. The molecule has 1 aromatic carbocycles. The quantitative estimate of drug-likeness (QED) is 0.0947. The topological polar surface area (TPSA) is 241 Å². The molecule has 0 saturated heterocycles. The molecule has 14 nitrogen and oxygen atoms in total. The van der Waals surface area contributed by atoms with Crippen LogP contribution in [0.2, 0.25) is 0 Å². The van der Waals surface area contributed by atoms with Crippen LogP contribution in [0, 0.1) is 0 Å². The van der Waals surface area contributed by atoms with Crippen LogP contribution in [0.15, 0.2) is 43.0 Å². The highest BCUT2D eigenvalue weighted by molar-refractivity contribution is 5.95. The molecule has 4 atom stereocenters. The van der Waals surface area contributed by atoms with Crippen molar-refractivity contribution in [2.24, 2.45) is 11.5 Å².